The van der Waals surface area contributed by atoms with Crippen molar-refractivity contribution < 1.29 is 4.74 Å². The van der Waals surface area contributed by atoms with Gasteiger partial charge >= 0.3 is 0 Å². The van der Waals surface area contributed by atoms with E-state index in [1.807, 2.05) is 35.8 Å². The molecule has 0 N–H and O–H groups in total. The fourth-order valence-electron chi connectivity index (χ4n) is 1.79. The summed E-state index contributed by atoms with van der Waals surface area (Å²) in [7, 11) is 0. The standard InChI is InChI=1S/C13H16ClN3O/c1-4-18-11-8-6-5-7-10(11)17-12(9(2)3)15-16-13(17)14/h5-9H,4H2,1-3H3. The monoisotopic (exact) mass is 265 g/mol. The Bertz CT molecular complexity index is 537. The minimum Gasteiger partial charge on any atom is -0.492 e. The Morgan fingerprint density at radius 2 is 2.00 bits per heavy atom. The van der Waals surface area contributed by atoms with E-state index in [9.17, 15) is 0 Å². The number of benzene rings is 1. The molecule has 1 heterocycles. The van der Waals surface area contributed by atoms with E-state index in [0.29, 0.717) is 11.9 Å². The smallest absolute Gasteiger partial charge is 0.229 e. The summed E-state index contributed by atoms with van der Waals surface area (Å²) in [5.74, 6) is 1.84. The largest absolute Gasteiger partial charge is 0.492 e. The second-order valence-corrected chi connectivity index (χ2v) is 4.56. The molecule has 1 aromatic heterocycles. The third-order valence-corrected chi connectivity index (χ3v) is 2.82. The summed E-state index contributed by atoms with van der Waals surface area (Å²) < 4.78 is 7.45. The molecule has 0 spiro atoms. The number of nitrogens with zero attached hydrogens (tertiary/aromatic N) is 3. The third-order valence-electron chi connectivity index (χ3n) is 2.57. The fourth-order valence-corrected chi connectivity index (χ4v) is 2.01. The topological polar surface area (TPSA) is 39.9 Å². The molecule has 0 bridgehead atoms. The Morgan fingerprint density at radius 3 is 2.67 bits per heavy atom. The molecule has 2 aromatic rings. The highest BCUT2D eigenvalue weighted by Gasteiger charge is 2.17. The van der Waals surface area contributed by atoms with Gasteiger partial charge in [0.1, 0.15) is 11.6 Å². The SMILES string of the molecule is CCOc1ccccc1-n1c(Cl)nnc1C(C)C. The number of ether oxygens (including phenoxy) is 1. The van der Waals surface area contributed by atoms with E-state index in [4.69, 9.17) is 16.3 Å². The summed E-state index contributed by atoms with van der Waals surface area (Å²) in [5, 5.41) is 8.41. The maximum atomic E-state index is 6.13. The first kappa shape index (κ1) is 12.9. The van der Waals surface area contributed by atoms with Crippen molar-refractivity contribution in [3.63, 3.8) is 0 Å². The van der Waals surface area contributed by atoms with E-state index in [1.54, 1.807) is 0 Å². The highest BCUT2D eigenvalue weighted by molar-refractivity contribution is 6.28. The van der Waals surface area contributed by atoms with Crippen molar-refractivity contribution >= 4 is 11.6 Å². The molecule has 18 heavy (non-hydrogen) atoms. The van der Waals surface area contributed by atoms with Gasteiger partial charge in [-0.15, -0.1) is 10.2 Å². The number of para-hydroxylation sites is 2. The van der Waals surface area contributed by atoms with Crippen LogP contribution in [-0.4, -0.2) is 21.4 Å². The summed E-state index contributed by atoms with van der Waals surface area (Å²) in [6, 6.07) is 7.74. The van der Waals surface area contributed by atoms with E-state index in [0.717, 1.165) is 17.3 Å². The molecule has 0 amide bonds. The molecule has 0 aliphatic carbocycles. The lowest BCUT2D eigenvalue weighted by Crippen LogP contribution is -2.06. The molecule has 0 saturated heterocycles. The summed E-state index contributed by atoms with van der Waals surface area (Å²) in [5.41, 5.74) is 0.873. The molecule has 0 saturated carbocycles. The van der Waals surface area contributed by atoms with Crippen molar-refractivity contribution in [1.82, 2.24) is 14.8 Å². The highest BCUT2D eigenvalue weighted by atomic mass is 35.5. The highest BCUT2D eigenvalue weighted by Crippen LogP contribution is 2.28. The van der Waals surface area contributed by atoms with E-state index in [-0.39, 0.29) is 5.92 Å². The zero-order valence-electron chi connectivity index (χ0n) is 10.7. The Labute approximate surface area is 112 Å². The number of hydrogen-bond acceptors (Lipinski definition) is 3. The van der Waals surface area contributed by atoms with Crippen LogP contribution in [-0.2, 0) is 0 Å². The maximum Gasteiger partial charge on any atom is 0.229 e. The molecule has 1 aromatic carbocycles. The van der Waals surface area contributed by atoms with Gasteiger partial charge in [-0.1, -0.05) is 26.0 Å². The van der Waals surface area contributed by atoms with Gasteiger partial charge in [0, 0.05) is 5.92 Å². The van der Waals surface area contributed by atoms with Crippen molar-refractivity contribution in [2.75, 3.05) is 6.61 Å². The van der Waals surface area contributed by atoms with Crippen LogP contribution < -0.4 is 4.74 Å². The molecule has 0 aliphatic rings. The average molecular weight is 266 g/mol. The number of rotatable bonds is 4. The molecule has 96 valence electrons. The minimum atomic E-state index is 0.236. The average Bonchev–Trinajstić information content (AvgIpc) is 2.72. The first-order valence-corrected chi connectivity index (χ1v) is 6.36. The van der Waals surface area contributed by atoms with Crippen LogP contribution in [0, 0.1) is 0 Å². The first-order valence-electron chi connectivity index (χ1n) is 5.98. The lowest BCUT2D eigenvalue weighted by molar-refractivity contribution is 0.339. The molecule has 0 atom stereocenters. The van der Waals surface area contributed by atoms with Gasteiger partial charge in [0.25, 0.3) is 0 Å². The Hall–Kier alpha value is -1.55. The maximum absolute atomic E-state index is 6.13. The summed E-state index contributed by atoms with van der Waals surface area (Å²) >= 11 is 6.13. The Balaban J connectivity index is 2.58. The molecule has 0 unspecified atom stereocenters. The quantitative estimate of drug-likeness (QED) is 0.850. The van der Waals surface area contributed by atoms with Gasteiger partial charge in [-0.05, 0) is 30.7 Å². The van der Waals surface area contributed by atoms with Crippen LogP contribution in [0.4, 0.5) is 0 Å². The van der Waals surface area contributed by atoms with Crippen molar-refractivity contribution in [2.45, 2.75) is 26.7 Å². The molecule has 4 nitrogen and oxygen atoms in total. The van der Waals surface area contributed by atoms with Gasteiger partial charge in [0.15, 0.2) is 0 Å². The predicted molar refractivity (Wildman–Crippen MR) is 71.6 cm³/mol. The number of halogens is 1. The lowest BCUT2D eigenvalue weighted by atomic mass is 10.2. The van der Waals surface area contributed by atoms with E-state index < -0.39 is 0 Å². The van der Waals surface area contributed by atoms with Crippen molar-refractivity contribution in [3.05, 3.63) is 35.4 Å². The van der Waals surface area contributed by atoms with Gasteiger partial charge in [-0.3, -0.25) is 4.57 Å². The molecule has 2 rings (SSSR count). The van der Waals surface area contributed by atoms with Crippen LogP contribution in [0.1, 0.15) is 32.5 Å². The van der Waals surface area contributed by atoms with E-state index in [2.05, 4.69) is 24.0 Å². The molecule has 0 aliphatic heterocycles. The number of hydrogen-bond donors (Lipinski definition) is 0. The van der Waals surface area contributed by atoms with Crippen LogP contribution in [0.3, 0.4) is 0 Å². The van der Waals surface area contributed by atoms with Crippen LogP contribution in [0.25, 0.3) is 5.69 Å². The normalized spacial score (nSPS) is 10.9. The fraction of sp³-hybridized carbons (Fsp3) is 0.385. The molecular formula is C13H16ClN3O. The predicted octanol–water partition coefficient (Wildman–Crippen LogP) is 3.44. The molecule has 0 fully saturated rings. The molecular weight excluding hydrogens is 250 g/mol. The van der Waals surface area contributed by atoms with Gasteiger partial charge in [0.2, 0.25) is 5.28 Å². The van der Waals surface area contributed by atoms with E-state index in [1.165, 1.54) is 0 Å². The first-order chi connectivity index (χ1) is 8.65. The molecule has 5 heteroatoms. The molecule has 0 radical (unpaired) electrons. The van der Waals surface area contributed by atoms with E-state index >= 15 is 0 Å². The van der Waals surface area contributed by atoms with Crippen LogP contribution in [0.2, 0.25) is 5.28 Å². The zero-order valence-corrected chi connectivity index (χ0v) is 11.5. The second-order valence-electron chi connectivity index (χ2n) is 4.22. The second kappa shape index (κ2) is 5.40. The Morgan fingerprint density at radius 1 is 1.28 bits per heavy atom. The van der Waals surface area contributed by atoms with Gasteiger partial charge in [-0.2, -0.15) is 0 Å². The van der Waals surface area contributed by atoms with Gasteiger partial charge in [0.05, 0.1) is 12.3 Å². The Kier molecular flexibility index (Phi) is 3.87. The van der Waals surface area contributed by atoms with Crippen molar-refractivity contribution in [2.24, 2.45) is 0 Å². The third kappa shape index (κ3) is 2.34. The summed E-state index contributed by atoms with van der Waals surface area (Å²) in [6.45, 7) is 6.67. The van der Waals surface area contributed by atoms with Gasteiger partial charge < -0.3 is 4.74 Å². The van der Waals surface area contributed by atoms with Crippen LogP contribution in [0.15, 0.2) is 24.3 Å². The van der Waals surface area contributed by atoms with Crippen LogP contribution in [0.5, 0.6) is 5.75 Å². The van der Waals surface area contributed by atoms with Crippen molar-refractivity contribution in [3.8, 4) is 11.4 Å². The van der Waals surface area contributed by atoms with Gasteiger partial charge in [-0.25, -0.2) is 0 Å². The minimum absolute atomic E-state index is 0.236. The van der Waals surface area contributed by atoms with Crippen LogP contribution >= 0.6 is 11.6 Å². The lowest BCUT2D eigenvalue weighted by Gasteiger charge is -2.14. The van der Waals surface area contributed by atoms with Crippen molar-refractivity contribution in [1.29, 1.82) is 0 Å². The summed E-state index contributed by atoms with van der Waals surface area (Å²) in [6.07, 6.45) is 0. The summed E-state index contributed by atoms with van der Waals surface area (Å²) in [4.78, 5) is 0. The number of aromatic nitrogens is 3. The zero-order chi connectivity index (χ0) is 13.1.